The number of carbonyl (C=O) groups is 1. The second-order valence-electron chi connectivity index (χ2n) is 3.64. The molecule has 0 bridgehead atoms. The van der Waals surface area contributed by atoms with Crippen molar-refractivity contribution in [2.45, 2.75) is 33.1 Å². The van der Waals surface area contributed by atoms with Crippen molar-refractivity contribution >= 4 is 11.7 Å². The van der Waals surface area contributed by atoms with E-state index in [1.807, 2.05) is 13.8 Å². The smallest absolute Gasteiger partial charge is 0.220 e. The third-order valence-electron chi connectivity index (χ3n) is 1.65. The average molecular weight is 201 g/mol. The van der Waals surface area contributed by atoms with Gasteiger partial charge in [-0.1, -0.05) is 19.0 Å². The van der Waals surface area contributed by atoms with Crippen molar-refractivity contribution in [1.29, 1.82) is 0 Å². The van der Waals surface area contributed by atoms with E-state index < -0.39 is 0 Å². The highest BCUT2D eigenvalue weighted by Crippen LogP contribution is 1.98. The quantitative estimate of drug-likeness (QED) is 0.194. The Kier molecular flexibility index (Phi) is 6.53. The number of amidine groups is 1. The molecule has 0 spiro atoms. The molecular weight excluding hydrogens is 182 g/mol. The Morgan fingerprint density at radius 1 is 1.57 bits per heavy atom. The van der Waals surface area contributed by atoms with E-state index in [9.17, 15) is 4.79 Å². The van der Waals surface area contributed by atoms with Gasteiger partial charge in [0, 0.05) is 19.4 Å². The fourth-order valence-corrected chi connectivity index (χ4v) is 0.990. The Hall–Kier alpha value is -1.26. The lowest BCUT2D eigenvalue weighted by Crippen LogP contribution is -2.26. The number of oxime groups is 1. The average Bonchev–Trinajstić information content (AvgIpc) is 2.10. The van der Waals surface area contributed by atoms with Crippen molar-refractivity contribution < 1.29 is 10.0 Å². The Labute approximate surface area is 84.4 Å². The van der Waals surface area contributed by atoms with Crippen LogP contribution >= 0.6 is 0 Å². The minimum atomic E-state index is 0.0551. The molecule has 0 heterocycles. The van der Waals surface area contributed by atoms with Crippen LogP contribution in [0.2, 0.25) is 0 Å². The molecule has 0 aromatic rings. The first-order valence-corrected chi connectivity index (χ1v) is 4.79. The molecule has 14 heavy (non-hydrogen) atoms. The van der Waals surface area contributed by atoms with E-state index in [0.29, 0.717) is 31.7 Å². The number of nitrogens with one attached hydrogen (secondary N) is 1. The number of hydrogen-bond acceptors (Lipinski definition) is 3. The lowest BCUT2D eigenvalue weighted by Gasteiger charge is -2.06. The van der Waals surface area contributed by atoms with Gasteiger partial charge < -0.3 is 16.3 Å². The van der Waals surface area contributed by atoms with Gasteiger partial charge in [-0.25, -0.2) is 0 Å². The summed E-state index contributed by atoms with van der Waals surface area (Å²) in [7, 11) is 0. The first-order chi connectivity index (χ1) is 6.56. The van der Waals surface area contributed by atoms with E-state index >= 15 is 0 Å². The van der Waals surface area contributed by atoms with E-state index in [1.165, 1.54) is 0 Å². The summed E-state index contributed by atoms with van der Waals surface area (Å²) >= 11 is 0. The SMILES string of the molecule is CC(C)CC(=O)NCCCC(N)=NO. The van der Waals surface area contributed by atoms with E-state index in [1.54, 1.807) is 0 Å². The maximum Gasteiger partial charge on any atom is 0.220 e. The summed E-state index contributed by atoms with van der Waals surface area (Å²) in [5.41, 5.74) is 5.26. The van der Waals surface area contributed by atoms with Gasteiger partial charge in [0.05, 0.1) is 0 Å². The molecule has 0 fully saturated rings. The molecule has 4 N–H and O–H groups in total. The van der Waals surface area contributed by atoms with E-state index in [-0.39, 0.29) is 11.7 Å². The van der Waals surface area contributed by atoms with Crippen LogP contribution in [0, 0.1) is 5.92 Å². The number of nitrogens with zero attached hydrogens (tertiary/aromatic N) is 1. The van der Waals surface area contributed by atoms with Gasteiger partial charge in [0.1, 0.15) is 5.84 Å². The molecule has 0 aromatic carbocycles. The topological polar surface area (TPSA) is 87.7 Å². The van der Waals surface area contributed by atoms with Crippen LogP contribution in [0.15, 0.2) is 5.16 Å². The number of amides is 1. The zero-order valence-corrected chi connectivity index (χ0v) is 8.79. The van der Waals surface area contributed by atoms with Gasteiger partial charge in [-0.2, -0.15) is 0 Å². The summed E-state index contributed by atoms with van der Waals surface area (Å²) in [6.07, 6.45) is 1.74. The molecule has 0 aliphatic rings. The van der Waals surface area contributed by atoms with E-state index in [0.717, 1.165) is 0 Å². The molecule has 0 saturated heterocycles. The molecule has 0 rings (SSSR count). The number of nitrogens with two attached hydrogens (primary N) is 1. The summed E-state index contributed by atoms with van der Waals surface area (Å²) in [6.45, 7) is 4.56. The molecule has 0 unspecified atom stereocenters. The molecule has 5 nitrogen and oxygen atoms in total. The van der Waals surface area contributed by atoms with Crippen molar-refractivity contribution in [2.75, 3.05) is 6.54 Å². The first kappa shape index (κ1) is 12.7. The van der Waals surface area contributed by atoms with Crippen LogP contribution in [0.5, 0.6) is 0 Å². The molecule has 0 aliphatic heterocycles. The largest absolute Gasteiger partial charge is 0.409 e. The third kappa shape index (κ3) is 7.39. The number of carbonyl (C=O) groups excluding carboxylic acids is 1. The van der Waals surface area contributed by atoms with Crippen LogP contribution in [0.1, 0.15) is 33.1 Å². The second-order valence-corrected chi connectivity index (χ2v) is 3.64. The molecule has 0 saturated carbocycles. The zero-order chi connectivity index (χ0) is 11.0. The molecule has 82 valence electrons. The van der Waals surface area contributed by atoms with E-state index in [2.05, 4.69) is 10.5 Å². The number of hydrogen-bond donors (Lipinski definition) is 3. The van der Waals surface area contributed by atoms with Crippen LogP contribution in [-0.4, -0.2) is 23.5 Å². The lowest BCUT2D eigenvalue weighted by atomic mass is 10.1. The monoisotopic (exact) mass is 201 g/mol. The van der Waals surface area contributed by atoms with Crippen LogP contribution in [0.25, 0.3) is 0 Å². The summed E-state index contributed by atoms with van der Waals surface area (Å²) in [5.74, 6) is 0.627. The van der Waals surface area contributed by atoms with Crippen molar-refractivity contribution in [3.05, 3.63) is 0 Å². The minimum absolute atomic E-state index is 0.0551. The molecule has 0 atom stereocenters. The van der Waals surface area contributed by atoms with Crippen LogP contribution in [-0.2, 0) is 4.79 Å². The summed E-state index contributed by atoms with van der Waals surface area (Å²) in [6, 6.07) is 0. The highest BCUT2D eigenvalue weighted by molar-refractivity contribution is 5.79. The highest BCUT2D eigenvalue weighted by atomic mass is 16.4. The maximum atomic E-state index is 11.1. The fourth-order valence-electron chi connectivity index (χ4n) is 0.990. The minimum Gasteiger partial charge on any atom is -0.409 e. The predicted molar refractivity (Wildman–Crippen MR) is 55.1 cm³/mol. The van der Waals surface area contributed by atoms with Gasteiger partial charge >= 0.3 is 0 Å². The molecule has 0 aliphatic carbocycles. The zero-order valence-electron chi connectivity index (χ0n) is 8.79. The van der Waals surface area contributed by atoms with Gasteiger partial charge in [-0.15, -0.1) is 0 Å². The second kappa shape index (κ2) is 7.17. The predicted octanol–water partition coefficient (Wildman–Crippen LogP) is 0.675. The molecule has 1 amide bonds. The van der Waals surface area contributed by atoms with Crippen molar-refractivity contribution in [3.8, 4) is 0 Å². The Morgan fingerprint density at radius 2 is 2.21 bits per heavy atom. The molecule has 5 heteroatoms. The first-order valence-electron chi connectivity index (χ1n) is 4.79. The van der Waals surface area contributed by atoms with Gasteiger partial charge in [0.15, 0.2) is 0 Å². The normalized spacial score (nSPS) is 11.8. The van der Waals surface area contributed by atoms with Gasteiger partial charge in [0.25, 0.3) is 0 Å². The summed E-state index contributed by atoms with van der Waals surface area (Å²) in [5, 5.41) is 13.8. The van der Waals surface area contributed by atoms with Gasteiger partial charge in [-0.3, -0.25) is 4.79 Å². The third-order valence-corrected chi connectivity index (χ3v) is 1.65. The van der Waals surface area contributed by atoms with Crippen molar-refractivity contribution in [3.63, 3.8) is 0 Å². The van der Waals surface area contributed by atoms with Crippen LogP contribution < -0.4 is 11.1 Å². The van der Waals surface area contributed by atoms with Gasteiger partial charge in [0.2, 0.25) is 5.91 Å². The lowest BCUT2D eigenvalue weighted by molar-refractivity contribution is -0.121. The molecule has 0 aromatic heterocycles. The Morgan fingerprint density at radius 3 is 2.71 bits per heavy atom. The van der Waals surface area contributed by atoms with Gasteiger partial charge in [-0.05, 0) is 12.3 Å². The summed E-state index contributed by atoms with van der Waals surface area (Å²) in [4.78, 5) is 11.1. The van der Waals surface area contributed by atoms with Crippen LogP contribution in [0.4, 0.5) is 0 Å². The van der Waals surface area contributed by atoms with Crippen molar-refractivity contribution in [1.82, 2.24) is 5.32 Å². The molecule has 0 radical (unpaired) electrons. The maximum absolute atomic E-state index is 11.1. The van der Waals surface area contributed by atoms with E-state index in [4.69, 9.17) is 10.9 Å². The highest BCUT2D eigenvalue weighted by Gasteiger charge is 2.03. The Balaban J connectivity index is 3.41. The standard InChI is InChI=1S/C9H19N3O2/c1-7(2)6-9(13)11-5-3-4-8(10)12-14/h7,14H,3-6H2,1-2H3,(H2,10,12)(H,11,13). The van der Waals surface area contributed by atoms with Crippen molar-refractivity contribution in [2.24, 2.45) is 16.8 Å². The molecular formula is C9H19N3O2. The Bertz CT molecular complexity index is 202. The number of rotatable bonds is 6. The summed E-state index contributed by atoms with van der Waals surface area (Å²) < 4.78 is 0. The fraction of sp³-hybridized carbons (Fsp3) is 0.778. The van der Waals surface area contributed by atoms with Crippen LogP contribution in [0.3, 0.4) is 0 Å².